The molecule has 1 heterocycles. The first-order chi connectivity index (χ1) is 8.54. The summed E-state index contributed by atoms with van der Waals surface area (Å²) < 4.78 is 4.89. The maximum absolute atomic E-state index is 11.8. The molecule has 0 saturated heterocycles. The highest BCUT2D eigenvalue weighted by Crippen LogP contribution is 2.17. The number of rotatable bonds is 7. The third kappa shape index (κ3) is 4.78. The second-order valence-electron chi connectivity index (χ2n) is 5.07. The molecule has 0 aliphatic carbocycles. The molecule has 0 aliphatic heterocycles. The Morgan fingerprint density at radius 2 is 2.17 bits per heavy atom. The first-order valence-corrected chi connectivity index (χ1v) is 7.26. The highest BCUT2D eigenvalue weighted by molar-refractivity contribution is 7.09. The van der Waals surface area contributed by atoms with Gasteiger partial charge < -0.3 is 4.74 Å². The molecule has 18 heavy (non-hydrogen) atoms. The molecule has 1 aromatic rings. The molecule has 0 radical (unpaired) electrons. The second-order valence-corrected chi connectivity index (χ2v) is 6.10. The fraction of sp³-hybridized carbons (Fsp3) is 0.643. The Kier molecular flexibility index (Phi) is 6.36. The number of hydrogen-bond donors (Lipinski definition) is 1. The van der Waals surface area contributed by atoms with E-state index in [0.717, 1.165) is 13.0 Å². The zero-order valence-electron chi connectivity index (χ0n) is 11.6. The molecule has 2 atom stereocenters. The molecule has 102 valence electrons. The third-order valence-electron chi connectivity index (χ3n) is 2.94. The lowest BCUT2D eigenvalue weighted by Crippen LogP contribution is -2.42. The third-order valence-corrected chi connectivity index (χ3v) is 3.82. The van der Waals surface area contributed by atoms with Crippen LogP contribution in [0.15, 0.2) is 17.5 Å². The van der Waals surface area contributed by atoms with Crippen LogP contribution in [0.2, 0.25) is 0 Å². The maximum Gasteiger partial charge on any atom is 0.323 e. The van der Waals surface area contributed by atoms with Crippen molar-refractivity contribution in [1.82, 2.24) is 5.32 Å². The van der Waals surface area contributed by atoms with E-state index in [0.29, 0.717) is 5.92 Å². The number of methoxy groups -OCH3 is 1. The number of thiophene rings is 1. The van der Waals surface area contributed by atoms with Crippen molar-refractivity contribution in [3.63, 3.8) is 0 Å². The number of nitrogens with one attached hydrogen (secondary N) is 1. The van der Waals surface area contributed by atoms with Gasteiger partial charge in [0.25, 0.3) is 0 Å². The van der Waals surface area contributed by atoms with Gasteiger partial charge in [-0.3, -0.25) is 10.1 Å². The number of carbonyl (C=O) groups excluding carboxylic acids is 1. The van der Waals surface area contributed by atoms with E-state index in [1.807, 2.05) is 11.4 Å². The Morgan fingerprint density at radius 1 is 1.44 bits per heavy atom. The molecule has 0 aliphatic rings. The first-order valence-electron chi connectivity index (χ1n) is 6.38. The quantitative estimate of drug-likeness (QED) is 0.773. The van der Waals surface area contributed by atoms with Gasteiger partial charge in [-0.15, -0.1) is 11.3 Å². The zero-order chi connectivity index (χ0) is 13.5. The lowest BCUT2D eigenvalue weighted by molar-refractivity contribution is -0.144. The second kappa shape index (κ2) is 7.54. The Balaban J connectivity index is 2.57. The monoisotopic (exact) mass is 269 g/mol. The van der Waals surface area contributed by atoms with Crippen LogP contribution in [0, 0.1) is 11.8 Å². The maximum atomic E-state index is 11.8. The van der Waals surface area contributed by atoms with Crippen molar-refractivity contribution in [2.24, 2.45) is 11.8 Å². The van der Waals surface area contributed by atoms with Crippen molar-refractivity contribution in [3.05, 3.63) is 22.4 Å². The van der Waals surface area contributed by atoms with Gasteiger partial charge in [-0.2, -0.15) is 0 Å². The number of ether oxygens (including phenoxy) is 1. The minimum absolute atomic E-state index is 0.167. The van der Waals surface area contributed by atoms with Crippen LogP contribution >= 0.6 is 11.3 Å². The van der Waals surface area contributed by atoms with Crippen LogP contribution < -0.4 is 5.32 Å². The van der Waals surface area contributed by atoms with Crippen molar-refractivity contribution < 1.29 is 9.53 Å². The van der Waals surface area contributed by atoms with Gasteiger partial charge in [0, 0.05) is 11.4 Å². The average molecular weight is 269 g/mol. The van der Waals surface area contributed by atoms with E-state index in [4.69, 9.17) is 4.74 Å². The first kappa shape index (κ1) is 15.2. The molecular weight excluding hydrogens is 246 g/mol. The van der Waals surface area contributed by atoms with Crippen LogP contribution in [0.25, 0.3) is 0 Å². The highest BCUT2D eigenvalue weighted by atomic mass is 32.1. The van der Waals surface area contributed by atoms with E-state index < -0.39 is 0 Å². The molecule has 1 N–H and O–H groups in total. The molecule has 0 aromatic carbocycles. The van der Waals surface area contributed by atoms with E-state index in [1.54, 1.807) is 11.3 Å². The summed E-state index contributed by atoms with van der Waals surface area (Å²) >= 11 is 1.70. The molecule has 1 aromatic heterocycles. The van der Waals surface area contributed by atoms with E-state index in [-0.39, 0.29) is 17.9 Å². The zero-order valence-corrected chi connectivity index (χ0v) is 12.4. The highest BCUT2D eigenvalue weighted by Gasteiger charge is 2.25. The van der Waals surface area contributed by atoms with Gasteiger partial charge in [0.15, 0.2) is 0 Å². The Labute approximate surface area is 114 Å². The van der Waals surface area contributed by atoms with Gasteiger partial charge in [-0.1, -0.05) is 26.8 Å². The topological polar surface area (TPSA) is 38.3 Å². The fourth-order valence-electron chi connectivity index (χ4n) is 2.15. The lowest BCUT2D eigenvalue weighted by atomic mass is 9.92. The van der Waals surface area contributed by atoms with Gasteiger partial charge in [0.2, 0.25) is 0 Å². The summed E-state index contributed by atoms with van der Waals surface area (Å²) in [6, 6.07) is 3.87. The van der Waals surface area contributed by atoms with E-state index >= 15 is 0 Å². The molecule has 0 bridgehead atoms. The van der Waals surface area contributed by atoms with Crippen molar-refractivity contribution in [3.8, 4) is 0 Å². The van der Waals surface area contributed by atoms with Crippen LogP contribution in [0.1, 0.15) is 32.1 Å². The Hall–Kier alpha value is -0.870. The Bertz CT molecular complexity index is 349. The van der Waals surface area contributed by atoms with Crippen molar-refractivity contribution in [2.75, 3.05) is 7.11 Å². The predicted octanol–water partition coefficient (Wildman–Crippen LogP) is 3.06. The van der Waals surface area contributed by atoms with Crippen LogP contribution in [0.4, 0.5) is 0 Å². The minimum atomic E-state index is -0.223. The summed E-state index contributed by atoms with van der Waals surface area (Å²) in [5.41, 5.74) is 0. The molecule has 0 saturated carbocycles. The summed E-state index contributed by atoms with van der Waals surface area (Å²) in [5, 5.41) is 5.36. The largest absolute Gasteiger partial charge is 0.468 e. The number of esters is 1. The van der Waals surface area contributed by atoms with Gasteiger partial charge in [-0.25, -0.2) is 0 Å². The van der Waals surface area contributed by atoms with Crippen LogP contribution in [0.3, 0.4) is 0 Å². The normalized spacial score (nSPS) is 14.5. The van der Waals surface area contributed by atoms with Crippen molar-refractivity contribution in [2.45, 2.75) is 39.8 Å². The lowest BCUT2D eigenvalue weighted by Gasteiger charge is -2.24. The molecule has 0 spiro atoms. The molecule has 3 nitrogen and oxygen atoms in total. The standard InChI is InChI=1S/C14H23NO2S/c1-10(2)8-11(3)13(14(16)17-4)15-9-12-6-5-7-18-12/h5-7,10-11,13,15H,8-9H2,1-4H3. The molecular formula is C14H23NO2S. The van der Waals surface area contributed by atoms with Gasteiger partial charge in [0.1, 0.15) is 6.04 Å². The van der Waals surface area contributed by atoms with Crippen molar-refractivity contribution in [1.29, 1.82) is 0 Å². The summed E-state index contributed by atoms with van der Waals surface area (Å²) in [5.74, 6) is 0.688. The van der Waals surface area contributed by atoms with Gasteiger partial charge in [-0.05, 0) is 29.7 Å². The van der Waals surface area contributed by atoms with E-state index in [1.165, 1.54) is 12.0 Å². The van der Waals surface area contributed by atoms with Crippen molar-refractivity contribution >= 4 is 17.3 Å². The van der Waals surface area contributed by atoms with Gasteiger partial charge in [0.05, 0.1) is 7.11 Å². The summed E-state index contributed by atoms with van der Waals surface area (Å²) in [4.78, 5) is 13.0. The molecule has 0 amide bonds. The average Bonchev–Trinajstić information content (AvgIpc) is 2.80. The summed E-state index contributed by atoms with van der Waals surface area (Å²) in [6.07, 6.45) is 1.01. The number of carbonyl (C=O) groups is 1. The van der Waals surface area contributed by atoms with Crippen LogP contribution in [-0.4, -0.2) is 19.1 Å². The Morgan fingerprint density at radius 3 is 2.67 bits per heavy atom. The smallest absolute Gasteiger partial charge is 0.323 e. The summed E-state index contributed by atoms with van der Waals surface area (Å²) in [6.45, 7) is 7.16. The van der Waals surface area contributed by atoms with Crippen LogP contribution in [0.5, 0.6) is 0 Å². The molecule has 1 rings (SSSR count). The van der Waals surface area contributed by atoms with Crippen LogP contribution in [-0.2, 0) is 16.1 Å². The summed E-state index contributed by atoms with van der Waals surface area (Å²) in [7, 11) is 1.45. The SMILES string of the molecule is COC(=O)C(NCc1cccs1)C(C)CC(C)C. The predicted molar refractivity (Wildman–Crippen MR) is 75.6 cm³/mol. The fourth-order valence-corrected chi connectivity index (χ4v) is 2.80. The molecule has 0 fully saturated rings. The minimum Gasteiger partial charge on any atom is -0.468 e. The van der Waals surface area contributed by atoms with Gasteiger partial charge >= 0.3 is 5.97 Å². The molecule has 2 unspecified atom stereocenters. The number of hydrogen-bond acceptors (Lipinski definition) is 4. The molecule has 4 heteroatoms. The van der Waals surface area contributed by atoms with E-state index in [2.05, 4.69) is 32.2 Å². The van der Waals surface area contributed by atoms with E-state index in [9.17, 15) is 4.79 Å².